The maximum absolute atomic E-state index is 14.2. The predicted molar refractivity (Wildman–Crippen MR) is 125 cm³/mol. The van der Waals surface area contributed by atoms with E-state index in [9.17, 15) is 9.65 Å². The lowest BCUT2D eigenvalue weighted by Crippen LogP contribution is -2.43. The van der Waals surface area contributed by atoms with Crippen molar-refractivity contribution in [2.45, 2.75) is 25.8 Å². The number of ether oxygens (including phenoxy) is 1. The van der Waals surface area contributed by atoms with Gasteiger partial charge in [0.2, 0.25) is 0 Å². The van der Waals surface area contributed by atoms with E-state index in [1.165, 1.54) is 12.1 Å². The van der Waals surface area contributed by atoms with Crippen LogP contribution in [-0.4, -0.2) is 60.4 Å². The molecule has 1 aromatic carbocycles. The molecule has 8 nitrogen and oxygen atoms in total. The molecule has 0 aliphatic carbocycles. The third-order valence-corrected chi connectivity index (χ3v) is 6.31. The quantitative estimate of drug-likeness (QED) is 0.652. The number of hydrogen-bond donors (Lipinski definition) is 1. The van der Waals surface area contributed by atoms with E-state index in [-0.39, 0.29) is 11.9 Å². The largest absolute Gasteiger partial charge is 0.379 e. The van der Waals surface area contributed by atoms with Crippen LogP contribution < -0.4 is 15.1 Å². The van der Waals surface area contributed by atoms with Crippen LogP contribution in [-0.2, 0) is 4.74 Å². The summed E-state index contributed by atoms with van der Waals surface area (Å²) in [6, 6.07) is 7.25. The summed E-state index contributed by atoms with van der Waals surface area (Å²) in [5.41, 5.74) is 2.52. The lowest BCUT2D eigenvalue weighted by molar-refractivity contribution is 0.122. The monoisotopic (exact) mass is 447 g/mol. The summed E-state index contributed by atoms with van der Waals surface area (Å²) in [5, 5.41) is 13.8. The fourth-order valence-corrected chi connectivity index (χ4v) is 4.66. The highest BCUT2D eigenvalue weighted by Crippen LogP contribution is 2.31. The molecule has 1 atom stereocenters. The lowest BCUT2D eigenvalue weighted by Gasteiger charge is -2.35. The van der Waals surface area contributed by atoms with Gasteiger partial charge < -0.3 is 19.9 Å². The maximum Gasteiger partial charge on any atom is 0.134 e. The van der Waals surface area contributed by atoms with Crippen LogP contribution in [0, 0.1) is 24.1 Å². The van der Waals surface area contributed by atoms with Gasteiger partial charge in [0.15, 0.2) is 0 Å². The highest BCUT2D eigenvalue weighted by Gasteiger charge is 2.24. The SMILES string of the molecule is Cc1cc(F)cc2c(NC3CCCN(c4cc(N5CCOCC5)ncn4)C3)c(C#N)cnc12. The van der Waals surface area contributed by atoms with Crippen molar-refractivity contribution < 1.29 is 9.13 Å². The second-order valence-corrected chi connectivity index (χ2v) is 8.54. The average Bonchev–Trinajstić information content (AvgIpc) is 2.85. The molecule has 3 aromatic rings. The summed E-state index contributed by atoms with van der Waals surface area (Å²) < 4.78 is 19.6. The van der Waals surface area contributed by atoms with Crippen molar-refractivity contribution in [1.82, 2.24) is 15.0 Å². The summed E-state index contributed by atoms with van der Waals surface area (Å²) in [7, 11) is 0. The average molecular weight is 448 g/mol. The molecule has 5 rings (SSSR count). The highest BCUT2D eigenvalue weighted by molar-refractivity contribution is 5.95. The zero-order valence-corrected chi connectivity index (χ0v) is 18.6. The first-order valence-electron chi connectivity index (χ1n) is 11.3. The minimum atomic E-state index is -0.332. The van der Waals surface area contributed by atoms with Gasteiger partial charge in [-0.3, -0.25) is 4.98 Å². The Bertz CT molecular complexity index is 1210. The molecule has 1 unspecified atom stereocenters. The van der Waals surface area contributed by atoms with Crippen LogP contribution in [0.15, 0.2) is 30.7 Å². The molecule has 4 heterocycles. The van der Waals surface area contributed by atoms with Crippen LogP contribution in [0.4, 0.5) is 21.7 Å². The number of nitriles is 1. The highest BCUT2D eigenvalue weighted by atomic mass is 19.1. The molecule has 9 heteroatoms. The van der Waals surface area contributed by atoms with E-state index < -0.39 is 0 Å². The van der Waals surface area contributed by atoms with Crippen molar-refractivity contribution in [2.24, 2.45) is 0 Å². The number of pyridine rings is 1. The van der Waals surface area contributed by atoms with E-state index in [4.69, 9.17) is 4.74 Å². The predicted octanol–water partition coefficient (Wildman–Crippen LogP) is 3.26. The first-order chi connectivity index (χ1) is 16.1. The molecular formula is C24H26FN7O. The van der Waals surface area contributed by atoms with E-state index in [1.807, 2.05) is 13.0 Å². The normalized spacial score (nSPS) is 18.9. The van der Waals surface area contributed by atoms with Gasteiger partial charge in [0.05, 0.1) is 30.0 Å². The second kappa shape index (κ2) is 9.16. The number of aryl methyl sites for hydroxylation is 1. The molecule has 2 fully saturated rings. The molecule has 2 saturated heterocycles. The Morgan fingerprint density at radius 2 is 1.88 bits per heavy atom. The number of morpholine rings is 1. The van der Waals surface area contributed by atoms with Crippen molar-refractivity contribution in [2.75, 3.05) is 54.5 Å². The molecule has 33 heavy (non-hydrogen) atoms. The number of nitrogens with one attached hydrogen (secondary N) is 1. The van der Waals surface area contributed by atoms with Gasteiger partial charge in [0.25, 0.3) is 0 Å². The Morgan fingerprint density at radius 1 is 1.09 bits per heavy atom. The van der Waals surface area contributed by atoms with Gasteiger partial charge in [-0.05, 0) is 37.5 Å². The van der Waals surface area contributed by atoms with Crippen molar-refractivity contribution in [3.63, 3.8) is 0 Å². The minimum Gasteiger partial charge on any atom is -0.379 e. The number of rotatable bonds is 4. The van der Waals surface area contributed by atoms with Crippen molar-refractivity contribution in [3.05, 3.63) is 47.7 Å². The van der Waals surface area contributed by atoms with Gasteiger partial charge in [-0.1, -0.05) is 0 Å². The number of piperidine rings is 1. The summed E-state index contributed by atoms with van der Waals surface area (Å²) in [6.45, 7) is 6.51. The molecule has 1 N–H and O–H groups in total. The standard InChI is InChI=1S/C24H26FN7O/c1-16-9-18(25)10-20-23(16)27-13-17(12-26)24(20)30-19-3-2-4-32(14-19)22-11-21(28-15-29-22)31-5-7-33-8-6-31/h9-11,13,15,19H,2-8,14H2,1H3,(H,27,30). The number of benzene rings is 1. The number of anilines is 3. The number of hydrogen-bond acceptors (Lipinski definition) is 8. The number of fused-ring (bicyclic) bond motifs is 1. The lowest BCUT2D eigenvalue weighted by atomic mass is 10.0. The van der Waals surface area contributed by atoms with Crippen molar-refractivity contribution >= 4 is 28.2 Å². The zero-order valence-electron chi connectivity index (χ0n) is 18.6. The van der Waals surface area contributed by atoms with Gasteiger partial charge in [-0.15, -0.1) is 0 Å². The first-order valence-corrected chi connectivity index (χ1v) is 11.3. The van der Waals surface area contributed by atoms with E-state index in [0.29, 0.717) is 35.4 Å². The summed E-state index contributed by atoms with van der Waals surface area (Å²) >= 11 is 0. The molecule has 0 bridgehead atoms. The Hall–Kier alpha value is -3.51. The van der Waals surface area contributed by atoms with Gasteiger partial charge in [-0.25, -0.2) is 14.4 Å². The third kappa shape index (κ3) is 4.39. The number of aromatic nitrogens is 3. The fraction of sp³-hybridized carbons (Fsp3) is 0.417. The van der Waals surface area contributed by atoms with Crippen LogP contribution in [0.3, 0.4) is 0 Å². The summed E-state index contributed by atoms with van der Waals surface area (Å²) in [5.74, 6) is 1.47. The number of nitrogens with zero attached hydrogens (tertiary/aromatic N) is 6. The van der Waals surface area contributed by atoms with Gasteiger partial charge >= 0.3 is 0 Å². The van der Waals surface area contributed by atoms with Crippen molar-refractivity contribution in [3.8, 4) is 6.07 Å². The molecular weight excluding hydrogens is 421 g/mol. The van der Waals surface area contributed by atoms with Crippen LogP contribution >= 0.6 is 0 Å². The second-order valence-electron chi connectivity index (χ2n) is 8.54. The molecule has 2 aromatic heterocycles. The maximum atomic E-state index is 14.2. The Balaban J connectivity index is 1.39. The molecule has 0 spiro atoms. The Kier molecular flexibility index (Phi) is 5.92. The van der Waals surface area contributed by atoms with Crippen LogP contribution in [0.2, 0.25) is 0 Å². The van der Waals surface area contributed by atoms with E-state index in [2.05, 4.69) is 36.1 Å². The topological polar surface area (TPSA) is 90.2 Å². The van der Waals surface area contributed by atoms with E-state index in [1.54, 1.807) is 12.5 Å². The number of halogens is 1. The first kappa shape index (κ1) is 21.3. The molecule has 2 aliphatic rings. The molecule has 0 amide bonds. The van der Waals surface area contributed by atoms with E-state index >= 15 is 0 Å². The molecule has 2 aliphatic heterocycles. The summed E-state index contributed by atoms with van der Waals surface area (Å²) in [6.07, 6.45) is 5.11. The molecule has 0 saturated carbocycles. The summed E-state index contributed by atoms with van der Waals surface area (Å²) in [4.78, 5) is 17.8. The third-order valence-electron chi connectivity index (χ3n) is 6.31. The van der Waals surface area contributed by atoms with Crippen LogP contribution in [0.25, 0.3) is 10.9 Å². The van der Waals surface area contributed by atoms with Crippen LogP contribution in [0.1, 0.15) is 24.0 Å². The van der Waals surface area contributed by atoms with Crippen LogP contribution in [0.5, 0.6) is 0 Å². The van der Waals surface area contributed by atoms with Crippen molar-refractivity contribution in [1.29, 1.82) is 5.26 Å². The molecule has 170 valence electrons. The molecule has 0 radical (unpaired) electrons. The van der Waals surface area contributed by atoms with E-state index in [0.717, 1.165) is 56.2 Å². The minimum absolute atomic E-state index is 0.0850. The smallest absolute Gasteiger partial charge is 0.134 e. The Labute approximate surface area is 192 Å². The van der Waals surface area contributed by atoms with Gasteiger partial charge in [0, 0.05) is 49.9 Å². The van der Waals surface area contributed by atoms with Gasteiger partial charge in [0.1, 0.15) is 29.8 Å². The zero-order chi connectivity index (χ0) is 22.8. The Morgan fingerprint density at radius 3 is 2.67 bits per heavy atom. The van der Waals surface area contributed by atoms with Gasteiger partial charge in [-0.2, -0.15) is 5.26 Å². The fourth-order valence-electron chi connectivity index (χ4n) is 4.66.